The monoisotopic (exact) mass is 586 g/mol. The van der Waals surface area contributed by atoms with Crippen LogP contribution in [0.5, 0.6) is 0 Å². The van der Waals surface area contributed by atoms with Gasteiger partial charge in [0.1, 0.15) is 18.2 Å². The first kappa shape index (κ1) is 29.8. The number of hydroxylamine groups is 2. The van der Waals surface area contributed by atoms with Crippen molar-refractivity contribution in [3.63, 3.8) is 0 Å². The van der Waals surface area contributed by atoms with E-state index in [1.165, 1.54) is 19.2 Å². The van der Waals surface area contributed by atoms with Crippen LogP contribution in [0.4, 0.5) is 4.79 Å². The Hall–Kier alpha value is -4.73. The lowest BCUT2D eigenvalue weighted by Crippen LogP contribution is -2.47. The molecule has 0 spiro atoms. The van der Waals surface area contributed by atoms with E-state index in [0.29, 0.717) is 5.06 Å². The topological polar surface area (TPSA) is 120 Å². The van der Waals surface area contributed by atoms with E-state index in [1.54, 1.807) is 32.9 Å². The number of benzene rings is 2. The number of amides is 3. The van der Waals surface area contributed by atoms with Gasteiger partial charge >= 0.3 is 18.0 Å². The molecule has 0 saturated heterocycles. The van der Waals surface area contributed by atoms with Crippen molar-refractivity contribution in [3.05, 3.63) is 95.1 Å². The van der Waals surface area contributed by atoms with E-state index in [9.17, 15) is 24.0 Å². The zero-order valence-electron chi connectivity index (χ0n) is 24.7. The minimum Gasteiger partial charge on any atom is -0.458 e. The van der Waals surface area contributed by atoms with E-state index in [0.717, 1.165) is 16.0 Å². The number of carbonyl (C=O) groups excluding carboxylic acids is 5. The van der Waals surface area contributed by atoms with Crippen molar-refractivity contribution < 1.29 is 38.3 Å². The summed E-state index contributed by atoms with van der Waals surface area (Å²) in [6.45, 7) is 7.15. The van der Waals surface area contributed by atoms with Gasteiger partial charge in [0.05, 0.1) is 17.5 Å². The largest absolute Gasteiger partial charge is 0.458 e. The molecule has 4 atom stereocenters. The van der Waals surface area contributed by atoms with Crippen molar-refractivity contribution in [1.29, 1.82) is 0 Å². The van der Waals surface area contributed by atoms with Crippen LogP contribution < -0.4 is 0 Å². The van der Waals surface area contributed by atoms with Gasteiger partial charge in [0.2, 0.25) is 0 Å². The van der Waals surface area contributed by atoms with Gasteiger partial charge in [0, 0.05) is 24.3 Å². The highest BCUT2D eigenvalue weighted by Gasteiger charge is 2.48. The maximum atomic E-state index is 13.3. The number of carbonyl (C=O) groups is 5. The quantitative estimate of drug-likeness (QED) is 0.338. The molecule has 0 radical (unpaired) electrons. The minimum absolute atomic E-state index is 0.0408. The van der Waals surface area contributed by atoms with Crippen LogP contribution in [0.15, 0.2) is 72.8 Å². The van der Waals surface area contributed by atoms with E-state index in [1.807, 2.05) is 30.4 Å². The molecule has 3 amide bonds. The summed E-state index contributed by atoms with van der Waals surface area (Å²) < 4.78 is 11.2. The molecule has 0 saturated carbocycles. The van der Waals surface area contributed by atoms with E-state index < -0.39 is 47.9 Å². The fourth-order valence-corrected chi connectivity index (χ4v) is 5.95. The Morgan fingerprint density at radius 2 is 1.60 bits per heavy atom. The summed E-state index contributed by atoms with van der Waals surface area (Å²) in [5.41, 5.74) is 1.26. The lowest BCUT2D eigenvalue weighted by atomic mass is 9.72. The van der Waals surface area contributed by atoms with Crippen LogP contribution in [0.25, 0.3) is 0 Å². The predicted octanol–water partition coefficient (Wildman–Crippen LogP) is 4.71. The summed E-state index contributed by atoms with van der Waals surface area (Å²) in [7, 11) is 1.32. The molecular weight excluding hydrogens is 552 g/mol. The minimum atomic E-state index is -1.45. The molecule has 10 heteroatoms. The van der Waals surface area contributed by atoms with Crippen LogP contribution in [-0.2, 0) is 29.3 Å². The fraction of sp³-hybridized carbons (Fsp3) is 0.364. The summed E-state index contributed by atoms with van der Waals surface area (Å²) in [5, 5.41) is 0.359. The first-order valence-electron chi connectivity index (χ1n) is 14.1. The third kappa shape index (κ3) is 5.57. The zero-order valence-corrected chi connectivity index (χ0v) is 24.7. The van der Waals surface area contributed by atoms with Crippen LogP contribution in [0.1, 0.15) is 71.9 Å². The third-order valence-corrected chi connectivity index (χ3v) is 8.07. The van der Waals surface area contributed by atoms with Crippen molar-refractivity contribution in [3.8, 4) is 0 Å². The van der Waals surface area contributed by atoms with Gasteiger partial charge in [-0.2, -0.15) is 0 Å². The van der Waals surface area contributed by atoms with Crippen molar-refractivity contribution >= 4 is 29.8 Å². The van der Waals surface area contributed by atoms with Gasteiger partial charge in [-0.3, -0.25) is 14.5 Å². The molecule has 43 heavy (non-hydrogen) atoms. The van der Waals surface area contributed by atoms with E-state index >= 15 is 0 Å². The highest BCUT2D eigenvalue weighted by atomic mass is 16.7. The van der Waals surface area contributed by atoms with Gasteiger partial charge in [0.25, 0.3) is 11.8 Å². The number of allylic oxidation sites excluding steroid dienone is 4. The Kier molecular flexibility index (Phi) is 7.72. The third-order valence-electron chi connectivity index (χ3n) is 8.07. The highest BCUT2D eigenvalue weighted by Crippen LogP contribution is 2.53. The van der Waals surface area contributed by atoms with Crippen LogP contribution >= 0.6 is 0 Å². The molecule has 5 rings (SSSR count). The summed E-state index contributed by atoms with van der Waals surface area (Å²) in [4.78, 5) is 70.9. The number of imide groups is 1. The van der Waals surface area contributed by atoms with Gasteiger partial charge < -0.3 is 14.3 Å². The van der Waals surface area contributed by atoms with E-state index in [-0.39, 0.29) is 35.0 Å². The molecular formula is C33H34N2O8. The van der Waals surface area contributed by atoms with Crippen LogP contribution in [0.3, 0.4) is 0 Å². The van der Waals surface area contributed by atoms with E-state index in [2.05, 4.69) is 25.1 Å². The summed E-state index contributed by atoms with van der Waals surface area (Å²) in [6.07, 6.45) is 6.74. The number of esters is 1. The maximum Gasteiger partial charge on any atom is 0.410 e. The number of hydrogen-bond donors (Lipinski definition) is 0. The standard InChI is InChI=1S/C33H34N2O8/c1-32(2,3)42-30(39)26(18-27(36)43-35-28(37)21-13-6-7-14-22(21)29(35)38)34(5)31(40)41-19-23-20-12-8-9-15-24(20)33(4)17-11-10-16-25(23)33/h6-17,23,25-26H,18-19H2,1-5H3/t23?,25?,26-,33?/m0/s1. The number of nitrogens with zero attached hydrogens (tertiary/aromatic N) is 2. The Morgan fingerprint density at radius 1 is 0.977 bits per heavy atom. The van der Waals surface area contributed by atoms with Crippen molar-refractivity contribution in [2.24, 2.45) is 5.92 Å². The van der Waals surface area contributed by atoms with Gasteiger partial charge in [-0.25, -0.2) is 14.4 Å². The molecule has 2 aliphatic carbocycles. The average molecular weight is 587 g/mol. The molecule has 1 aliphatic heterocycles. The molecule has 10 nitrogen and oxygen atoms in total. The van der Waals surface area contributed by atoms with Crippen LogP contribution in [-0.4, -0.2) is 65.1 Å². The second-order valence-corrected chi connectivity index (χ2v) is 12.1. The second-order valence-electron chi connectivity index (χ2n) is 12.1. The first-order chi connectivity index (χ1) is 20.3. The fourth-order valence-electron chi connectivity index (χ4n) is 5.95. The lowest BCUT2D eigenvalue weighted by Gasteiger charge is -2.32. The van der Waals surface area contributed by atoms with Gasteiger partial charge in [-0.05, 0) is 44.0 Å². The Morgan fingerprint density at radius 3 is 2.26 bits per heavy atom. The normalized spacial score (nSPS) is 22.4. The van der Waals surface area contributed by atoms with Crippen molar-refractivity contribution in [2.75, 3.05) is 13.7 Å². The van der Waals surface area contributed by atoms with Crippen LogP contribution in [0, 0.1) is 5.92 Å². The second kappa shape index (κ2) is 11.2. The molecule has 0 fully saturated rings. The summed E-state index contributed by atoms with van der Waals surface area (Å²) >= 11 is 0. The van der Waals surface area contributed by atoms with E-state index in [4.69, 9.17) is 14.3 Å². The molecule has 224 valence electrons. The van der Waals surface area contributed by atoms with Crippen LogP contribution in [0.2, 0.25) is 0 Å². The molecule has 2 aromatic rings. The molecule has 3 unspecified atom stereocenters. The average Bonchev–Trinajstić information content (AvgIpc) is 3.36. The van der Waals surface area contributed by atoms with Crippen molar-refractivity contribution in [2.45, 2.75) is 57.1 Å². The van der Waals surface area contributed by atoms with Crippen molar-refractivity contribution in [1.82, 2.24) is 9.96 Å². The molecule has 2 aromatic carbocycles. The first-order valence-corrected chi connectivity index (χ1v) is 14.1. The van der Waals surface area contributed by atoms with Gasteiger partial charge in [-0.15, -0.1) is 0 Å². The molecule has 3 aliphatic rings. The number of fused-ring (bicyclic) bond motifs is 4. The molecule has 0 aromatic heterocycles. The number of rotatable bonds is 7. The van der Waals surface area contributed by atoms with Gasteiger partial charge in [0.15, 0.2) is 0 Å². The maximum absolute atomic E-state index is 13.3. The Labute approximate surface area is 249 Å². The lowest BCUT2D eigenvalue weighted by molar-refractivity contribution is -0.174. The highest BCUT2D eigenvalue weighted by molar-refractivity contribution is 6.20. The van der Waals surface area contributed by atoms with Gasteiger partial charge in [-0.1, -0.05) is 72.7 Å². The number of hydrogen-bond acceptors (Lipinski definition) is 8. The zero-order chi connectivity index (χ0) is 31.1. The summed E-state index contributed by atoms with van der Waals surface area (Å²) in [6, 6.07) is 12.7. The molecule has 0 bridgehead atoms. The Balaban J connectivity index is 1.30. The SMILES string of the molecule is CN(C(=O)OCC1c2ccccc2C2(C)C=CC=CC12)[C@@H](CC(=O)ON1C(=O)c2ccccc2C1=O)C(=O)OC(C)(C)C. The molecule has 0 N–H and O–H groups in total. The smallest absolute Gasteiger partial charge is 0.410 e. The summed E-state index contributed by atoms with van der Waals surface area (Å²) in [5.74, 6) is -3.62. The Bertz CT molecular complexity index is 1520. The molecule has 1 heterocycles. The number of ether oxygens (including phenoxy) is 2. The predicted molar refractivity (Wildman–Crippen MR) is 155 cm³/mol. The number of likely N-dealkylation sites (N-methyl/N-ethyl adjacent to an activating group) is 1.